The van der Waals surface area contributed by atoms with Gasteiger partial charge in [-0.05, 0) is 54.4 Å². The summed E-state index contributed by atoms with van der Waals surface area (Å²) in [7, 11) is 3.09. The van der Waals surface area contributed by atoms with Crippen LogP contribution in [0, 0.1) is 5.82 Å². The van der Waals surface area contributed by atoms with Crippen molar-refractivity contribution in [3.63, 3.8) is 0 Å². The van der Waals surface area contributed by atoms with Crippen LogP contribution >= 0.6 is 0 Å². The number of nitrogens with zero attached hydrogens (tertiary/aromatic N) is 1. The van der Waals surface area contributed by atoms with Gasteiger partial charge in [-0.15, -0.1) is 0 Å². The van der Waals surface area contributed by atoms with E-state index in [0.717, 1.165) is 5.56 Å². The third-order valence-electron chi connectivity index (χ3n) is 5.44. The lowest BCUT2D eigenvalue weighted by Gasteiger charge is -2.15. The maximum Gasteiger partial charge on any atom is 0.278 e. The van der Waals surface area contributed by atoms with E-state index in [4.69, 9.17) is 9.47 Å². The summed E-state index contributed by atoms with van der Waals surface area (Å²) >= 11 is 0. The van der Waals surface area contributed by atoms with E-state index in [9.17, 15) is 14.0 Å². The number of imide groups is 1. The highest BCUT2D eigenvalue weighted by atomic mass is 19.1. The summed E-state index contributed by atoms with van der Waals surface area (Å²) in [6.45, 7) is 0.162. The van der Waals surface area contributed by atoms with Crippen molar-refractivity contribution in [2.45, 2.75) is 6.42 Å². The molecule has 0 atom stereocenters. The number of hydrogen-bond acceptors (Lipinski definition) is 5. The van der Waals surface area contributed by atoms with Crippen LogP contribution in [0.3, 0.4) is 0 Å². The van der Waals surface area contributed by atoms with Crippen molar-refractivity contribution >= 4 is 23.1 Å². The molecule has 7 heteroatoms. The van der Waals surface area contributed by atoms with Crippen molar-refractivity contribution in [1.82, 2.24) is 4.90 Å². The number of methoxy groups -OCH3 is 2. The van der Waals surface area contributed by atoms with Gasteiger partial charge in [-0.25, -0.2) is 4.39 Å². The number of halogens is 1. The van der Waals surface area contributed by atoms with Gasteiger partial charge in [0, 0.05) is 17.8 Å². The van der Waals surface area contributed by atoms with Crippen LogP contribution in [0.1, 0.15) is 11.1 Å². The Morgan fingerprint density at radius 3 is 2.21 bits per heavy atom. The first-order valence-corrected chi connectivity index (χ1v) is 10.4. The highest BCUT2D eigenvalue weighted by molar-refractivity contribution is 6.37. The molecule has 3 aromatic rings. The molecule has 0 unspecified atom stereocenters. The molecule has 0 saturated carbocycles. The zero-order chi connectivity index (χ0) is 23.4. The van der Waals surface area contributed by atoms with E-state index in [1.54, 1.807) is 67.8 Å². The standard InChI is InChI=1S/C26H23FN2O4/c1-32-20-13-11-19(12-14-20)28-24-23(21-5-3-4-6-22(21)33-2)25(30)29(26(24)31)16-15-17-7-9-18(27)10-8-17/h3-14,28H,15-16H2,1-2H3. The maximum atomic E-state index is 13.4. The third-order valence-corrected chi connectivity index (χ3v) is 5.44. The topological polar surface area (TPSA) is 67.9 Å². The van der Waals surface area contributed by atoms with Crippen molar-refractivity contribution in [1.29, 1.82) is 0 Å². The normalized spacial score (nSPS) is 13.5. The number of rotatable bonds is 8. The molecule has 0 bridgehead atoms. The number of nitrogens with one attached hydrogen (secondary N) is 1. The third kappa shape index (κ3) is 4.57. The van der Waals surface area contributed by atoms with Crippen LogP contribution in [0.2, 0.25) is 0 Å². The predicted octanol–water partition coefficient (Wildman–Crippen LogP) is 4.28. The van der Waals surface area contributed by atoms with Crippen LogP contribution in [-0.2, 0) is 16.0 Å². The largest absolute Gasteiger partial charge is 0.497 e. The Bertz CT molecular complexity index is 1200. The van der Waals surface area contributed by atoms with Crippen LogP contribution in [0.25, 0.3) is 5.57 Å². The van der Waals surface area contributed by atoms with E-state index in [2.05, 4.69) is 5.32 Å². The smallest absolute Gasteiger partial charge is 0.278 e. The second kappa shape index (κ2) is 9.56. The van der Waals surface area contributed by atoms with Crippen LogP contribution < -0.4 is 14.8 Å². The number of carbonyl (C=O) groups excluding carboxylic acids is 2. The van der Waals surface area contributed by atoms with Crippen molar-refractivity contribution in [2.24, 2.45) is 0 Å². The Balaban J connectivity index is 1.68. The molecule has 6 nitrogen and oxygen atoms in total. The highest BCUT2D eigenvalue weighted by Gasteiger charge is 2.40. The van der Waals surface area contributed by atoms with Crippen LogP contribution in [-0.4, -0.2) is 37.5 Å². The van der Waals surface area contributed by atoms with E-state index >= 15 is 0 Å². The van der Waals surface area contributed by atoms with Gasteiger partial charge in [-0.2, -0.15) is 0 Å². The minimum Gasteiger partial charge on any atom is -0.497 e. The van der Waals surface area contributed by atoms with Crippen molar-refractivity contribution in [3.8, 4) is 11.5 Å². The first-order chi connectivity index (χ1) is 16.0. The van der Waals surface area contributed by atoms with E-state index in [1.807, 2.05) is 0 Å². The molecule has 1 N–H and O–H groups in total. The van der Waals surface area contributed by atoms with Gasteiger partial charge >= 0.3 is 0 Å². The fourth-order valence-corrected chi connectivity index (χ4v) is 3.71. The molecule has 0 aromatic heterocycles. The van der Waals surface area contributed by atoms with E-state index in [-0.39, 0.29) is 23.6 Å². The van der Waals surface area contributed by atoms with Gasteiger partial charge in [-0.1, -0.05) is 30.3 Å². The number of benzene rings is 3. The van der Waals surface area contributed by atoms with Gasteiger partial charge in [0.1, 0.15) is 23.0 Å². The number of ether oxygens (including phenoxy) is 2. The molecule has 1 aliphatic rings. The van der Waals surface area contributed by atoms with Crippen LogP contribution in [0.15, 0.2) is 78.5 Å². The number of anilines is 1. The number of hydrogen-bond donors (Lipinski definition) is 1. The Labute approximate surface area is 191 Å². The number of carbonyl (C=O) groups is 2. The molecule has 1 heterocycles. The van der Waals surface area contributed by atoms with Gasteiger partial charge in [0.05, 0.1) is 19.8 Å². The lowest BCUT2D eigenvalue weighted by atomic mass is 10.0. The second-order valence-electron chi connectivity index (χ2n) is 7.44. The minimum absolute atomic E-state index is 0.162. The summed E-state index contributed by atoms with van der Waals surface area (Å²) in [6, 6.07) is 20.1. The van der Waals surface area contributed by atoms with Crippen molar-refractivity contribution in [2.75, 3.05) is 26.1 Å². The maximum absolute atomic E-state index is 13.4. The quantitative estimate of drug-likeness (QED) is 0.523. The molecular formula is C26H23FN2O4. The second-order valence-corrected chi connectivity index (χ2v) is 7.44. The SMILES string of the molecule is COc1ccc(NC2=C(c3ccccc3OC)C(=O)N(CCc3ccc(F)cc3)C2=O)cc1. The van der Waals surface area contributed by atoms with Gasteiger partial charge < -0.3 is 14.8 Å². The summed E-state index contributed by atoms with van der Waals surface area (Å²) < 4.78 is 23.9. The van der Waals surface area contributed by atoms with E-state index in [0.29, 0.717) is 29.2 Å². The summed E-state index contributed by atoms with van der Waals surface area (Å²) in [6.07, 6.45) is 0.410. The lowest BCUT2D eigenvalue weighted by molar-refractivity contribution is -0.136. The highest BCUT2D eigenvalue weighted by Crippen LogP contribution is 2.35. The van der Waals surface area contributed by atoms with Gasteiger partial charge in [0.15, 0.2) is 0 Å². The van der Waals surface area contributed by atoms with E-state index < -0.39 is 11.8 Å². The fourth-order valence-electron chi connectivity index (χ4n) is 3.71. The summed E-state index contributed by atoms with van der Waals surface area (Å²) in [5, 5.41) is 3.11. The average Bonchev–Trinajstić information content (AvgIpc) is 3.07. The molecule has 4 rings (SSSR count). The Morgan fingerprint density at radius 2 is 1.55 bits per heavy atom. The molecule has 0 radical (unpaired) electrons. The predicted molar refractivity (Wildman–Crippen MR) is 123 cm³/mol. The van der Waals surface area contributed by atoms with E-state index in [1.165, 1.54) is 24.1 Å². The monoisotopic (exact) mass is 446 g/mol. The summed E-state index contributed by atoms with van der Waals surface area (Å²) in [5.74, 6) is -0.0167. The van der Waals surface area contributed by atoms with Crippen LogP contribution in [0.4, 0.5) is 10.1 Å². The molecule has 2 amide bonds. The molecule has 0 aliphatic carbocycles. The first kappa shape index (κ1) is 22.1. The lowest BCUT2D eigenvalue weighted by Crippen LogP contribution is -2.34. The molecule has 0 saturated heterocycles. The van der Waals surface area contributed by atoms with Crippen molar-refractivity contribution in [3.05, 3.63) is 95.4 Å². The Morgan fingerprint density at radius 1 is 0.848 bits per heavy atom. The molecule has 3 aromatic carbocycles. The molecule has 168 valence electrons. The zero-order valence-corrected chi connectivity index (χ0v) is 18.3. The molecule has 33 heavy (non-hydrogen) atoms. The Kier molecular flexibility index (Phi) is 6.40. The first-order valence-electron chi connectivity index (χ1n) is 10.4. The number of amides is 2. The molecular weight excluding hydrogens is 423 g/mol. The Hall–Kier alpha value is -4.13. The molecule has 1 aliphatic heterocycles. The fraction of sp³-hybridized carbons (Fsp3) is 0.154. The van der Waals surface area contributed by atoms with Crippen LogP contribution in [0.5, 0.6) is 11.5 Å². The molecule has 0 fully saturated rings. The number of para-hydroxylation sites is 1. The zero-order valence-electron chi connectivity index (χ0n) is 18.3. The van der Waals surface area contributed by atoms with Gasteiger partial charge in [0.25, 0.3) is 11.8 Å². The molecule has 0 spiro atoms. The minimum atomic E-state index is -0.432. The van der Waals surface area contributed by atoms with Crippen molar-refractivity contribution < 1.29 is 23.5 Å². The van der Waals surface area contributed by atoms with Gasteiger partial charge in [-0.3, -0.25) is 14.5 Å². The summed E-state index contributed by atoms with van der Waals surface area (Å²) in [4.78, 5) is 28.0. The van der Waals surface area contributed by atoms with Gasteiger partial charge in [0.2, 0.25) is 0 Å². The summed E-state index contributed by atoms with van der Waals surface area (Å²) in [5.41, 5.74) is 2.41. The average molecular weight is 446 g/mol.